The van der Waals surface area contributed by atoms with Crippen LogP contribution in [-0.4, -0.2) is 43.2 Å². The minimum atomic E-state index is -0.831. The molecule has 0 aliphatic heterocycles. The SMILES string of the molecule is CCOc1cc(/C=N\NC(=O)C(=O)NC2CC2)cc(Br)c1OCC(=O)Nc1c(C)cccc1C. The van der Waals surface area contributed by atoms with E-state index in [1.807, 2.05) is 39.0 Å². The Morgan fingerprint density at radius 3 is 2.47 bits per heavy atom. The Morgan fingerprint density at radius 1 is 1.12 bits per heavy atom. The number of halogens is 1. The molecule has 34 heavy (non-hydrogen) atoms. The second-order valence-corrected chi connectivity index (χ2v) is 8.67. The number of carbonyl (C=O) groups is 3. The van der Waals surface area contributed by atoms with Crippen LogP contribution >= 0.6 is 15.9 Å². The van der Waals surface area contributed by atoms with Crippen molar-refractivity contribution in [2.75, 3.05) is 18.5 Å². The van der Waals surface area contributed by atoms with Crippen molar-refractivity contribution in [1.82, 2.24) is 10.7 Å². The molecule has 0 aromatic heterocycles. The highest BCUT2D eigenvalue weighted by molar-refractivity contribution is 9.10. The lowest BCUT2D eigenvalue weighted by Gasteiger charge is -2.15. The average Bonchev–Trinajstić information content (AvgIpc) is 3.60. The predicted octanol–water partition coefficient (Wildman–Crippen LogP) is 3.21. The zero-order valence-electron chi connectivity index (χ0n) is 19.2. The van der Waals surface area contributed by atoms with Gasteiger partial charge in [0, 0.05) is 11.7 Å². The van der Waals surface area contributed by atoms with Gasteiger partial charge in [-0.3, -0.25) is 14.4 Å². The van der Waals surface area contributed by atoms with Crippen LogP contribution in [-0.2, 0) is 14.4 Å². The molecule has 0 radical (unpaired) electrons. The number of nitrogens with zero attached hydrogens (tertiary/aromatic N) is 1. The molecule has 1 fully saturated rings. The number of hydrogen-bond donors (Lipinski definition) is 3. The van der Waals surface area contributed by atoms with Crippen molar-refractivity contribution in [3.8, 4) is 11.5 Å². The fraction of sp³-hybridized carbons (Fsp3) is 0.333. The van der Waals surface area contributed by atoms with E-state index in [-0.39, 0.29) is 18.6 Å². The fourth-order valence-corrected chi connectivity index (χ4v) is 3.66. The molecule has 3 N–H and O–H groups in total. The summed E-state index contributed by atoms with van der Waals surface area (Å²) < 4.78 is 12.0. The number of carbonyl (C=O) groups excluding carboxylic acids is 3. The van der Waals surface area contributed by atoms with Crippen LogP contribution in [0.2, 0.25) is 0 Å². The third-order valence-electron chi connectivity index (χ3n) is 4.92. The molecule has 1 aliphatic carbocycles. The summed E-state index contributed by atoms with van der Waals surface area (Å²) in [5, 5.41) is 9.30. The van der Waals surface area contributed by atoms with Gasteiger partial charge in [0.25, 0.3) is 5.91 Å². The van der Waals surface area contributed by atoms with E-state index in [9.17, 15) is 14.4 Å². The van der Waals surface area contributed by atoms with Crippen molar-refractivity contribution >= 4 is 45.6 Å². The van der Waals surface area contributed by atoms with Gasteiger partial charge in [-0.1, -0.05) is 18.2 Å². The zero-order chi connectivity index (χ0) is 24.7. The van der Waals surface area contributed by atoms with Crippen LogP contribution in [0.25, 0.3) is 0 Å². The first-order valence-corrected chi connectivity index (χ1v) is 11.7. The predicted molar refractivity (Wildman–Crippen MR) is 132 cm³/mol. The molecule has 0 heterocycles. The van der Waals surface area contributed by atoms with E-state index in [4.69, 9.17) is 9.47 Å². The number of anilines is 1. The van der Waals surface area contributed by atoms with Gasteiger partial charge in [0.2, 0.25) is 0 Å². The Morgan fingerprint density at radius 2 is 1.82 bits per heavy atom. The minimum Gasteiger partial charge on any atom is -0.490 e. The topological polar surface area (TPSA) is 118 Å². The maximum atomic E-state index is 12.5. The lowest BCUT2D eigenvalue weighted by atomic mass is 10.1. The summed E-state index contributed by atoms with van der Waals surface area (Å²) in [5.74, 6) is -1.08. The van der Waals surface area contributed by atoms with Crippen LogP contribution in [0.15, 0.2) is 39.9 Å². The van der Waals surface area contributed by atoms with E-state index in [2.05, 4.69) is 37.1 Å². The van der Waals surface area contributed by atoms with Crippen molar-refractivity contribution in [2.24, 2.45) is 5.10 Å². The van der Waals surface area contributed by atoms with Crippen molar-refractivity contribution in [2.45, 2.75) is 39.7 Å². The van der Waals surface area contributed by atoms with Crippen LogP contribution in [0.5, 0.6) is 11.5 Å². The molecule has 0 saturated heterocycles. The summed E-state index contributed by atoms with van der Waals surface area (Å²) in [6, 6.07) is 9.22. The smallest absolute Gasteiger partial charge is 0.329 e. The van der Waals surface area contributed by atoms with Gasteiger partial charge in [-0.25, -0.2) is 5.43 Å². The number of amides is 3. The van der Waals surface area contributed by atoms with Crippen LogP contribution < -0.4 is 25.5 Å². The molecule has 2 aromatic rings. The summed E-state index contributed by atoms with van der Waals surface area (Å²) in [5.41, 5.74) is 5.48. The third-order valence-corrected chi connectivity index (χ3v) is 5.51. The van der Waals surface area contributed by atoms with Gasteiger partial charge < -0.3 is 20.1 Å². The molecule has 10 heteroatoms. The number of ether oxygens (including phenoxy) is 2. The van der Waals surface area contributed by atoms with E-state index >= 15 is 0 Å². The Balaban J connectivity index is 1.64. The summed E-state index contributed by atoms with van der Waals surface area (Å²) in [7, 11) is 0. The first-order chi connectivity index (χ1) is 16.3. The van der Waals surface area contributed by atoms with E-state index in [1.54, 1.807) is 12.1 Å². The standard InChI is InChI=1S/C24H27BrN4O5/c1-4-33-19-11-16(12-26-29-24(32)23(31)27-17-8-9-17)10-18(25)22(19)34-13-20(30)28-21-14(2)6-5-7-15(21)3/h5-7,10-12,17H,4,8-9,13H2,1-3H3,(H,27,31)(H,28,30)(H,29,32)/b26-12-. The Labute approximate surface area is 206 Å². The summed E-state index contributed by atoms with van der Waals surface area (Å²) in [6.07, 6.45) is 3.16. The van der Waals surface area contributed by atoms with Gasteiger partial charge in [-0.15, -0.1) is 0 Å². The van der Waals surface area contributed by atoms with Crippen LogP contribution in [0, 0.1) is 13.8 Å². The normalized spacial score (nSPS) is 12.8. The highest BCUT2D eigenvalue weighted by Crippen LogP contribution is 2.36. The summed E-state index contributed by atoms with van der Waals surface area (Å²) in [6.45, 7) is 5.83. The molecular formula is C24H27BrN4O5. The van der Waals surface area contributed by atoms with Gasteiger partial charge in [-0.2, -0.15) is 5.10 Å². The molecule has 2 aromatic carbocycles. The molecule has 9 nitrogen and oxygen atoms in total. The van der Waals surface area contributed by atoms with Gasteiger partial charge in [0.15, 0.2) is 18.1 Å². The number of hydrazone groups is 1. The van der Waals surface area contributed by atoms with Crippen molar-refractivity contribution in [3.05, 3.63) is 51.5 Å². The number of hydrogen-bond acceptors (Lipinski definition) is 6. The second-order valence-electron chi connectivity index (χ2n) is 7.81. The van der Waals surface area contributed by atoms with Gasteiger partial charge in [0.1, 0.15) is 0 Å². The number of rotatable bonds is 9. The van der Waals surface area contributed by atoms with Crippen LogP contribution in [0.4, 0.5) is 5.69 Å². The first-order valence-electron chi connectivity index (χ1n) is 10.9. The van der Waals surface area contributed by atoms with Crippen molar-refractivity contribution < 1.29 is 23.9 Å². The largest absolute Gasteiger partial charge is 0.490 e. The van der Waals surface area contributed by atoms with Crippen molar-refractivity contribution in [1.29, 1.82) is 0 Å². The lowest BCUT2D eigenvalue weighted by Crippen LogP contribution is -2.38. The van der Waals surface area contributed by atoms with E-state index in [1.165, 1.54) is 6.21 Å². The van der Waals surface area contributed by atoms with Gasteiger partial charge in [-0.05, 0) is 78.4 Å². The molecule has 1 aliphatic rings. The molecule has 0 unspecified atom stereocenters. The number of benzene rings is 2. The molecule has 1 saturated carbocycles. The number of aryl methyl sites for hydroxylation is 2. The van der Waals surface area contributed by atoms with E-state index in [0.29, 0.717) is 28.1 Å². The maximum Gasteiger partial charge on any atom is 0.329 e. The highest BCUT2D eigenvalue weighted by atomic mass is 79.9. The fourth-order valence-electron chi connectivity index (χ4n) is 3.09. The van der Waals surface area contributed by atoms with E-state index in [0.717, 1.165) is 29.7 Å². The Kier molecular flexibility index (Phi) is 8.64. The monoisotopic (exact) mass is 530 g/mol. The average molecular weight is 531 g/mol. The summed E-state index contributed by atoms with van der Waals surface area (Å²) >= 11 is 3.44. The molecule has 0 atom stereocenters. The first kappa shape index (κ1) is 25.2. The lowest BCUT2D eigenvalue weighted by molar-refractivity contribution is -0.139. The number of nitrogens with one attached hydrogen (secondary N) is 3. The molecule has 0 spiro atoms. The van der Waals surface area contributed by atoms with Crippen molar-refractivity contribution in [3.63, 3.8) is 0 Å². The summed E-state index contributed by atoms with van der Waals surface area (Å²) in [4.78, 5) is 35.9. The zero-order valence-corrected chi connectivity index (χ0v) is 20.8. The molecule has 180 valence electrons. The highest BCUT2D eigenvalue weighted by Gasteiger charge is 2.26. The Bertz CT molecular complexity index is 1090. The van der Waals surface area contributed by atoms with Gasteiger partial charge in [0.05, 0.1) is 17.3 Å². The number of para-hydroxylation sites is 1. The molecular weight excluding hydrogens is 504 g/mol. The maximum absolute atomic E-state index is 12.5. The minimum absolute atomic E-state index is 0.0855. The van der Waals surface area contributed by atoms with E-state index < -0.39 is 11.8 Å². The second kappa shape index (κ2) is 11.6. The molecule has 3 rings (SSSR count). The Hall–Kier alpha value is -3.40. The molecule has 0 bridgehead atoms. The van der Waals surface area contributed by atoms with Crippen LogP contribution in [0.1, 0.15) is 36.5 Å². The van der Waals surface area contributed by atoms with Gasteiger partial charge >= 0.3 is 11.8 Å². The van der Waals surface area contributed by atoms with Crippen LogP contribution in [0.3, 0.4) is 0 Å². The quantitative estimate of drug-likeness (QED) is 0.261. The molecule has 3 amide bonds. The third kappa shape index (κ3) is 7.05.